The van der Waals surface area contributed by atoms with Crippen LogP contribution in [-0.4, -0.2) is 47.8 Å². The van der Waals surface area contributed by atoms with Gasteiger partial charge >= 0.3 is 0 Å². The first-order chi connectivity index (χ1) is 12.5. The molecular weight excluding hydrogens is 370 g/mol. The zero-order chi connectivity index (χ0) is 18.7. The molecule has 1 saturated heterocycles. The monoisotopic (exact) mass is 389 g/mol. The normalized spacial score (nSPS) is 17.0. The lowest BCUT2D eigenvalue weighted by Crippen LogP contribution is -2.33. The second kappa shape index (κ2) is 7.96. The van der Waals surface area contributed by atoms with Crippen molar-refractivity contribution in [2.24, 2.45) is 0 Å². The molecule has 26 heavy (non-hydrogen) atoms. The molecule has 0 saturated carbocycles. The summed E-state index contributed by atoms with van der Waals surface area (Å²) >= 11 is 6.63. The van der Waals surface area contributed by atoms with Crippen LogP contribution in [0.2, 0.25) is 0 Å². The van der Waals surface area contributed by atoms with Gasteiger partial charge in [-0.15, -0.1) is 5.10 Å². The Morgan fingerprint density at radius 3 is 2.65 bits per heavy atom. The van der Waals surface area contributed by atoms with Crippen molar-refractivity contribution in [3.63, 3.8) is 0 Å². The van der Waals surface area contributed by atoms with Crippen LogP contribution in [0.15, 0.2) is 30.5 Å². The minimum Gasteiger partial charge on any atom is -0.326 e. The van der Waals surface area contributed by atoms with Crippen LogP contribution in [0, 0.1) is 6.92 Å². The maximum absolute atomic E-state index is 12.2. The Labute approximate surface area is 161 Å². The smallest absolute Gasteiger partial charge is 0.241 e. The number of thiocarbonyl (C=S) groups is 1. The molecule has 3 rings (SSSR count). The van der Waals surface area contributed by atoms with E-state index in [1.807, 2.05) is 38.1 Å². The SMILES string of the molecule is CCC1SC(=S)N(CCC(=O)Nc2ccc(-n3nncc3C)cc2)C1=O. The molecule has 136 valence electrons. The number of aromatic nitrogens is 3. The summed E-state index contributed by atoms with van der Waals surface area (Å²) in [6, 6.07) is 7.34. The average Bonchev–Trinajstić information content (AvgIpc) is 3.17. The number of thioether (sulfide) groups is 1. The van der Waals surface area contributed by atoms with Gasteiger partial charge in [0, 0.05) is 18.7 Å². The Bertz CT molecular complexity index is 834. The number of benzene rings is 1. The van der Waals surface area contributed by atoms with Crippen molar-refractivity contribution in [3.05, 3.63) is 36.2 Å². The van der Waals surface area contributed by atoms with Crippen molar-refractivity contribution in [1.82, 2.24) is 19.9 Å². The van der Waals surface area contributed by atoms with Gasteiger partial charge in [0.25, 0.3) is 0 Å². The summed E-state index contributed by atoms with van der Waals surface area (Å²) in [5, 5.41) is 10.6. The number of carbonyl (C=O) groups excluding carboxylic acids is 2. The number of rotatable bonds is 6. The van der Waals surface area contributed by atoms with Gasteiger partial charge in [-0.05, 0) is 37.6 Å². The van der Waals surface area contributed by atoms with Gasteiger partial charge in [0.15, 0.2) is 0 Å². The first-order valence-electron chi connectivity index (χ1n) is 8.29. The number of aryl methyl sites for hydroxylation is 1. The van der Waals surface area contributed by atoms with E-state index in [0.717, 1.165) is 17.8 Å². The fourth-order valence-corrected chi connectivity index (χ4v) is 4.10. The lowest BCUT2D eigenvalue weighted by molar-refractivity contribution is -0.126. The highest BCUT2D eigenvalue weighted by atomic mass is 32.2. The Balaban J connectivity index is 1.55. The highest BCUT2D eigenvalue weighted by Gasteiger charge is 2.35. The van der Waals surface area contributed by atoms with Crippen LogP contribution in [-0.2, 0) is 9.59 Å². The highest BCUT2D eigenvalue weighted by molar-refractivity contribution is 8.24. The summed E-state index contributed by atoms with van der Waals surface area (Å²) in [6.07, 6.45) is 2.62. The predicted molar refractivity (Wildman–Crippen MR) is 105 cm³/mol. The molecule has 0 aliphatic carbocycles. The van der Waals surface area contributed by atoms with Gasteiger partial charge in [-0.3, -0.25) is 14.5 Å². The number of nitrogens with zero attached hydrogens (tertiary/aromatic N) is 4. The van der Waals surface area contributed by atoms with E-state index in [-0.39, 0.29) is 23.5 Å². The molecule has 1 unspecified atom stereocenters. The third kappa shape index (κ3) is 3.94. The molecule has 0 spiro atoms. The zero-order valence-electron chi connectivity index (χ0n) is 14.5. The Morgan fingerprint density at radius 1 is 1.35 bits per heavy atom. The molecule has 1 aromatic carbocycles. The fraction of sp³-hybridized carbons (Fsp3) is 0.353. The molecule has 2 heterocycles. The third-order valence-electron chi connectivity index (χ3n) is 4.05. The average molecular weight is 390 g/mol. The van der Waals surface area contributed by atoms with E-state index < -0.39 is 0 Å². The van der Waals surface area contributed by atoms with Crippen LogP contribution in [0.3, 0.4) is 0 Å². The standard InChI is InChI=1S/C17H19N5O2S2/c1-3-14-16(24)21(17(25)26-14)9-8-15(23)19-12-4-6-13(7-5-12)22-11(2)10-18-20-22/h4-7,10,14H,3,8-9H2,1-2H3,(H,19,23). The summed E-state index contributed by atoms with van der Waals surface area (Å²) in [7, 11) is 0. The fourth-order valence-electron chi connectivity index (χ4n) is 2.62. The minimum absolute atomic E-state index is 0.00264. The molecule has 2 amide bonds. The van der Waals surface area contributed by atoms with E-state index >= 15 is 0 Å². The molecule has 9 heteroatoms. The summed E-state index contributed by atoms with van der Waals surface area (Å²) in [6.45, 7) is 4.18. The van der Waals surface area contributed by atoms with E-state index in [1.165, 1.54) is 16.7 Å². The quantitative estimate of drug-likeness (QED) is 0.765. The summed E-state index contributed by atoms with van der Waals surface area (Å²) in [4.78, 5) is 25.9. The number of carbonyl (C=O) groups is 2. The van der Waals surface area contributed by atoms with Crippen molar-refractivity contribution in [2.45, 2.75) is 31.9 Å². The summed E-state index contributed by atoms with van der Waals surface area (Å²) < 4.78 is 2.27. The van der Waals surface area contributed by atoms with Gasteiger partial charge in [0.1, 0.15) is 4.32 Å². The molecule has 1 aliphatic rings. The zero-order valence-corrected chi connectivity index (χ0v) is 16.1. The van der Waals surface area contributed by atoms with Crippen LogP contribution in [0.25, 0.3) is 5.69 Å². The molecule has 7 nitrogen and oxygen atoms in total. The van der Waals surface area contributed by atoms with Gasteiger partial charge in [0.2, 0.25) is 11.8 Å². The Kier molecular flexibility index (Phi) is 5.67. The molecule has 1 atom stereocenters. The van der Waals surface area contributed by atoms with Crippen LogP contribution in [0.4, 0.5) is 5.69 Å². The molecule has 1 N–H and O–H groups in total. The largest absolute Gasteiger partial charge is 0.326 e. The van der Waals surface area contributed by atoms with Gasteiger partial charge < -0.3 is 5.32 Å². The molecule has 0 bridgehead atoms. The van der Waals surface area contributed by atoms with E-state index in [0.29, 0.717) is 16.6 Å². The van der Waals surface area contributed by atoms with Crippen LogP contribution < -0.4 is 5.32 Å². The Hall–Kier alpha value is -2.26. The number of anilines is 1. The molecule has 1 aromatic heterocycles. The summed E-state index contributed by atoms with van der Waals surface area (Å²) in [5.41, 5.74) is 2.48. The molecule has 1 aliphatic heterocycles. The van der Waals surface area contributed by atoms with Gasteiger partial charge in [-0.2, -0.15) is 0 Å². The number of hydrogen-bond donors (Lipinski definition) is 1. The van der Waals surface area contributed by atoms with Gasteiger partial charge in [0.05, 0.1) is 22.8 Å². The molecule has 1 fully saturated rings. The predicted octanol–water partition coefficient (Wildman–Crippen LogP) is 2.54. The van der Waals surface area contributed by atoms with Crippen molar-refractivity contribution >= 4 is 45.8 Å². The van der Waals surface area contributed by atoms with Crippen LogP contribution in [0.5, 0.6) is 0 Å². The molecule has 0 radical (unpaired) electrons. The van der Waals surface area contributed by atoms with Crippen LogP contribution >= 0.6 is 24.0 Å². The first-order valence-corrected chi connectivity index (χ1v) is 9.58. The van der Waals surface area contributed by atoms with Crippen molar-refractivity contribution < 1.29 is 9.59 Å². The third-order valence-corrected chi connectivity index (χ3v) is 5.80. The maximum Gasteiger partial charge on any atom is 0.241 e. The van der Waals surface area contributed by atoms with E-state index in [4.69, 9.17) is 12.2 Å². The second-order valence-corrected chi connectivity index (χ2v) is 7.74. The van der Waals surface area contributed by atoms with Gasteiger partial charge in [-0.25, -0.2) is 4.68 Å². The lowest BCUT2D eigenvalue weighted by Gasteiger charge is -2.15. The molecular formula is C17H19N5O2S2. The maximum atomic E-state index is 12.2. The van der Waals surface area contributed by atoms with Crippen LogP contribution in [0.1, 0.15) is 25.5 Å². The van der Waals surface area contributed by atoms with E-state index in [9.17, 15) is 9.59 Å². The first kappa shape index (κ1) is 18.5. The van der Waals surface area contributed by atoms with Crippen molar-refractivity contribution in [3.8, 4) is 5.69 Å². The van der Waals surface area contributed by atoms with E-state index in [1.54, 1.807) is 10.9 Å². The van der Waals surface area contributed by atoms with Crippen molar-refractivity contribution in [1.29, 1.82) is 0 Å². The topological polar surface area (TPSA) is 80.1 Å². The number of amides is 2. The minimum atomic E-state index is -0.157. The second-order valence-electron chi connectivity index (χ2n) is 5.90. The number of nitrogens with one attached hydrogen (secondary N) is 1. The number of hydrogen-bond acceptors (Lipinski definition) is 6. The Morgan fingerprint density at radius 2 is 2.08 bits per heavy atom. The van der Waals surface area contributed by atoms with Crippen molar-refractivity contribution in [2.75, 3.05) is 11.9 Å². The van der Waals surface area contributed by atoms with Gasteiger partial charge in [-0.1, -0.05) is 36.1 Å². The molecule has 2 aromatic rings. The lowest BCUT2D eigenvalue weighted by atomic mass is 10.2. The van der Waals surface area contributed by atoms with E-state index in [2.05, 4.69) is 15.6 Å². The summed E-state index contributed by atoms with van der Waals surface area (Å²) in [5.74, 6) is -0.155. The highest BCUT2D eigenvalue weighted by Crippen LogP contribution is 2.29.